The zero-order valence-corrected chi connectivity index (χ0v) is 16.1. The SMILES string of the molecule is COc1ccc(CCNc2ccc(C(=O)NCc3ccc(C)cc3)nn2)cc1. The molecule has 6 heteroatoms. The largest absolute Gasteiger partial charge is 0.497 e. The molecule has 1 aromatic heterocycles. The summed E-state index contributed by atoms with van der Waals surface area (Å²) in [6, 6.07) is 19.4. The molecular formula is C22H24N4O2. The molecule has 3 rings (SSSR count). The van der Waals surface area contributed by atoms with Gasteiger partial charge in [0.1, 0.15) is 11.6 Å². The third-order valence-corrected chi connectivity index (χ3v) is 4.35. The lowest BCUT2D eigenvalue weighted by Crippen LogP contribution is -2.24. The molecule has 1 heterocycles. The average Bonchev–Trinajstić information content (AvgIpc) is 2.74. The molecule has 0 fully saturated rings. The highest BCUT2D eigenvalue weighted by molar-refractivity contribution is 5.92. The number of carbonyl (C=O) groups excluding carboxylic acids is 1. The molecule has 28 heavy (non-hydrogen) atoms. The fourth-order valence-electron chi connectivity index (χ4n) is 2.65. The van der Waals surface area contributed by atoms with E-state index < -0.39 is 0 Å². The summed E-state index contributed by atoms with van der Waals surface area (Å²) < 4.78 is 5.15. The maximum atomic E-state index is 12.2. The molecule has 0 atom stereocenters. The number of anilines is 1. The van der Waals surface area contributed by atoms with Crippen molar-refractivity contribution in [3.8, 4) is 5.75 Å². The van der Waals surface area contributed by atoms with Crippen molar-refractivity contribution >= 4 is 11.7 Å². The van der Waals surface area contributed by atoms with Crippen LogP contribution < -0.4 is 15.4 Å². The van der Waals surface area contributed by atoms with E-state index in [0.29, 0.717) is 18.1 Å². The molecule has 1 amide bonds. The molecule has 0 unspecified atom stereocenters. The van der Waals surface area contributed by atoms with E-state index in [0.717, 1.165) is 24.3 Å². The molecule has 0 aliphatic heterocycles. The maximum Gasteiger partial charge on any atom is 0.272 e. The summed E-state index contributed by atoms with van der Waals surface area (Å²) in [5.41, 5.74) is 3.74. The van der Waals surface area contributed by atoms with Crippen LogP contribution >= 0.6 is 0 Å². The minimum atomic E-state index is -0.238. The number of rotatable bonds is 8. The van der Waals surface area contributed by atoms with Crippen molar-refractivity contribution in [2.45, 2.75) is 19.9 Å². The van der Waals surface area contributed by atoms with Crippen molar-refractivity contribution in [3.05, 3.63) is 83.0 Å². The second-order valence-electron chi connectivity index (χ2n) is 6.50. The molecule has 0 bridgehead atoms. The van der Waals surface area contributed by atoms with E-state index in [1.165, 1.54) is 11.1 Å². The Morgan fingerprint density at radius 2 is 1.64 bits per heavy atom. The Morgan fingerprint density at radius 3 is 2.29 bits per heavy atom. The van der Waals surface area contributed by atoms with E-state index in [9.17, 15) is 4.79 Å². The smallest absolute Gasteiger partial charge is 0.272 e. The third kappa shape index (κ3) is 5.54. The summed E-state index contributed by atoms with van der Waals surface area (Å²) in [5, 5.41) is 14.2. The minimum Gasteiger partial charge on any atom is -0.497 e. The van der Waals surface area contributed by atoms with E-state index in [1.807, 2.05) is 55.5 Å². The van der Waals surface area contributed by atoms with Crippen LogP contribution in [-0.2, 0) is 13.0 Å². The molecule has 0 aliphatic rings. The number of amides is 1. The van der Waals surface area contributed by atoms with Gasteiger partial charge in [0.15, 0.2) is 5.69 Å². The number of aryl methyl sites for hydroxylation is 1. The van der Waals surface area contributed by atoms with Crippen molar-refractivity contribution in [3.63, 3.8) is 0 Å². The van der Waals surface area contributed by atoms with Crippen molar-refractivity contribution in [2.24, 2.45) is 0 Å². The van der Waals surface area contributed by atoms with E-state index in [1.54, 1.807) is 19.2 Å². The molecule has 0 spiro atoms. The lowest BCUT2D eigenvalue weighted by molar-refractivity contribution is 0.0945. The van der Waals surface area contributed by atoms with Crippen LogP contribution in [0.4, 0.5) is 5.82 Å². The van der Waals surface area contributed by atoms with Gasteiger partial charge >= 0.3 is 0 Å². The zero-order chi connectivity index (χ0) is 19.8. The van der Waals surface area contributed by atoms with E-state index in [-0.39, 0.29) is 5.91 Å². The van der Waals surface area contributed by atoms with Crippen LogP contribution in [0.1, 0.15) is 27.2 Å². The van der Waals surface area contributed by atoms with Gasteiger partial charge in [0.2, 0.25) is 0 Å². The van der Waals surface area contributed by atoms with Gasteiger partial charge in [-0.2, -0.15) is 0 Å². The molecule has 0 radical (unpaired) electrons. The second kappa shape index (κ2) is 9.50. The quantitative estimate of drug-likeness (QED) is 0.630. The molecule has 0 saturated heterocycles. The fourth-order valence-corrected chi connectivity index (χ4v) is 2.65. The number of carbonyl (C=O) groups is 1. The number of hydrogen-bond acceptors (Lipinski definition) is 5. The first-order valence-electron chi connectivity index (χ1n) is 9.18. The van der Waals surface area contributed by atoms with Crippen LogP contribution in [0.2, 0.25) is 0 Å². The van der Waals surface area contributed by atoms with Gasteiger partial charge in [-0.1, -0.05) is 42.0 Å². The highest BCUT2D eigenvalue weighted by atomic mass is 16.5. The number of hydrogen-bond donors (Lipinski definition) is 2. The standard InChI is InChI=1S/C22H24N4O2/c1-16-3-5-18(6-4-16)15-24-22(27)20-11-12-21(26-25-20)23-14-13-17-7-9-19(28-2)10-8-17/h3-12H,13-15H2,1-2H3,(H,23,26)(H,24,27). The van der Waals surface area contributed by atoms with Gasteiger partial charge in [-0.3, -0.25) is 4.79 Å². The lowest BCUT2D eigenvalue weighted by atomic mass is 10.1. The highest BCUT2D eigenvalue weighted by Crippen LogP contribution is 2.12. The van der Waals surface area contributed by atoms with Gasteiger partial charge in [0, 0.05) is 13.1 Å². The van der Waals surface area contributed by atoms with Crippen LogP contribution in [-0.4, -0.2) is 29.8 Å². The zero-order valence-electron chi connectivity index (χ0n) is 16.1. The summed E-state index contributed by atoms with van der Waals surface area (Å²) >= 11 is 0. The van der Waals surface area contributed by atoms with Crippen molar-refractivity contribution in [2.75, 3.05) is 19.0 Å². The van der Waals surface area contributed by atoms with E-state index >= 15 is 0 Å². The first-order chi connectivity index (χ1) is 13.6. The summed E-state index contributed by atoms with van der Waals surface area (Å²) in [4.78, 5) is 12.2. The molecular weight excluding hydrogens is 352 g/mol. The van der Waals surface area contributed by atoms with Gasteiger partial charge in [-0.05, 0) is 48.7 Å². The highest BCUT2D eigenvalue weighted by Gasteiger charge is 2.08. The van der Waals surface area contributed by atoms with Gasteiger partial charge in [0.25, 0.3) is 5.91 Å². The van der Waals surface area contributed by atoms with Crippen LogP contribution in [0, 0.1) is 6.92 Å². The summed E-state index contributed by atoms with van der Waals surface area (Å²) in [6.45, 7) is 3.22. The number of nitrogens with one attached hydrogen (secondary N) is 2. The molecule has 2 aromatic carbocycles. The van der Waals surface area contributed by atoms with Gasteiger partial charge < -0.3 is 15.4 Å². The third-order valence-electron chi connectivity index (χ3n) is 4.35. The number of benzene rings is 2. The Balaban J connectivity index is 1.45. The second-order valence-corrected chi connectivity index (χ2v) is 6.50. The Labute approximate surface area is 165 Å². The van der Waals surface area contributed by atoms with Crippen molar-refractivity contribution in [1.82, 2.24) is 15.5 Å². The van der Waals surface area contributed by atoms with Crippen LogP contribution in [0.15, 0.2) is 60.7 Å². The molecule has 0 aliphatic carbocycles. The van der Waals surface area contributed by atoms with Gasteiger partial charge in [-0.25, -0.2) is 0 Å². The van der Waals surface area contributed by atoms with Crippen LogP contribution in [0.5, 0.6) is 5.75 Å². The Kier molecular flexibility index (Phi) is 6.57. The Morgan fingerprint density at radius 1 is 0.929 bits per heavy atom. The number of ether oxygens (including phenoxy) is 1. The molecule has 2 N–H and O–H groups in total. The number of nitrogens with zero attached hydrogens (tertiary/aromatic N) is 2. The summed E-state index contributed by atoms with van der Waals surface area (Å²) in [7, 11) is 1.65. The minimum absolute atomic E-state index is 0.238. The molecule has 3 aromatic rings. The molecule has 144 valence electrons. The van der Waals surface area contributed by atoms with Crippen LogP contribution in [0.3, 0.4) is 0 Å². The normalized spacial score (nSPS) is 10.4. The van der Waals surface area contributed by atoms with Gasteiger partial charge in [0.05, 0.1) is 7.11 Å². The summed E-state index contributed by atoms with van der Waals surface area (Å²) in [6.07, 6.45) is 0.852. The number of aromatic nitrogens is 2. The summed E-state index contributed by atoms with van der Waals surface area (Å²) in [5.74, 6) is 1.25. The average molecular weight is 376 g/mol. The monoisotopic (exact) mass is 376 g/mol. The lowest BCUT2D eigenvalue weighted by Gasteiger charge is -2.07. The first-order valence-corrected chi connectivity index (χ1v) is 9.18. The molecule has 0 saturated carbocycles. The Bertz CT molecular complexity index is 891. The molecule has 6 nitrogen and oxygen atoms in total. The fraction of sp³-hybridized carbons (Fsp3) is 0.227. The van der Waals surface area contributed by atoms with Crippen molar-refractivity contribution < 1.29 is 9.53 Å². The predicted molar refractivity (Wildman–Crippen MR) is 110 cm³/mol. The van der Waals surface area contributed by atoms with E-state index in [4.69, 9.17) is 4.74 Å². The van der Waals surface area contributed by atoms with Crippen LogP contribution in [0.25, 0.3) is 0 Å². The number of methoxy groups -OCH3 is 1. The first kappa shape index (κ1) is 19.4. The van der Waals surface area contributed by atoms with E-state index in [2.05, 4.69) is 20.8 Å². The maximum absolute atomic E-state index is 12.2. The predicted octanol–water partition coefficient (Wildman–Crippen LogP) is 3.38. The Hall–Kier alpha value is -3.41. The topological polar surface area (TPSA) is 76.1 Å². The van der Waals surface area contributed by atoms with Crippen molar-refractivity contribution in [1.29, 1.82) is 0 Å². The van der Waals surface area contributed by atoms with Gasteiger partial charge in [-0.15, -0.1) is 10.2 Å².